The molecule has 0 aromatic heterocycles. The molecule has 0 radical (unpaired) electrons. The van der Waals surface area contributed by atoms with Crippen LogP contribution in [0.4, 0.5) is 4.79 Å². The van der Waals surface area contributed by atoms with Crippen molar-refractivity contribution in [3.63, 3.8) is 0 Å². The van der Waals surface area contributed by atoms with Crippen molar-refractivity contribution in [2.75, 3.05) is 13.2 Å². The van der Waals surface area contributed by atoms with Crippen LogP contribution in [0, 0.1) is 12.3 Å². The number of ether oxygens (including phenoxy) is 1. The van der Waals surface area contributed by atoms with Gasteiger partial charge in [0, 0.05) is 6.54 Å². The van der Waals surface area contributed by atoms with E-state index in [0.29, 0.717) is 18.7 Å². The predicted molar refractivity (Wildman–Crippen MR) is 108 cm³/mol. The van der Waals surface area contributed by atoms with Crippen molar-refractivity contribution in [2.45, 2.75) is 24.5 Å². The zero-order valence-corrected chi connectivity index (χ0v) is 15.8. The molecule has 4 nitrogen and oxygen atoms in total. The highest BCUT2D eigenvalue weighted by Crippen LogP contribution is 2.30. The molecule has 1 saturated heterocycles. The van der Waals surface area contributed by atoms with Crippen LogP contribution in [0.3, 0.4) is 0 Å². The minimum Gasteiger partial charge on any atom is -0.481 e. The van der Waals surface area contributed by atoms with Gasteiger partial charge in [-0.3, -0.25) is 14.5 Å². The minimum atomic E-state index is -0.355. The van der Waals surface area contributed by atoms with Gasteiger partial charge < -0.3 is 4.74 Å². The van der Waals surface area contributed by atoms with E-state index in [2.05, 4.69) is 18.1 Å². The van der Waals surface area contributed by atoms with Crippen molar-refractivity contribution in [1.82, 2.24) is 4.90 Å². The number of aryl methyl sites for hydroxylation is 1. The minimum absolute atomic E-state index is 0.0919. The molecular weight excluding hydrogens is 358 g/mol. The molecule has 138 valence electrons. The Balaban J connectivity index is 1.52. The maximum atomic E-state index is 12.6. The Kier molecular flexibility index (Phi) is 6.56. The van der Waals surface area contributed by atoms with Crippen LogP contribution in [0.1, 0.15) is 17.5 Å². The highest BCUT2D eigenvalue weighted by Gasteiger charge is 2.38. The van der Waals surface area contributed by atoms with Gasteiger partial charge in [-0.25, -0.2) is 0 Å². The average molecular weight is 379 g/mol. The fourth-order valence-corrected chi connectivity index (χ4v) is 4.03. The third-order valence-electron chi connectivity index (χ3n) is 4.36. The van der Waals surface area contributed by atoms with Gasteiger partial charge in [-0.2, -0.15) is 0 Å². The number of hydrogen-bond donors (Lipinski definition) is 0. The van der Waals surface area contributed by atoms with Crippen molar-refractivity contribution >= 4 is 22.9 Å². The molecule has 2 amide bonds. The molecule has 1 fully saturated rings. The zero-order chi connectivity index (χ0) is 19.1. The molecule has 0 N–H and O–H groups in total. The number of imide groups is 1. The highest BCUT2D eigenvalue weighted by atomic mass is 32.2. The first-order chi connectivity index (χ1) is 13.2. The number of thioether (sulfide) groups is 1. The van der Waals surface area contributed by atoms with Gasteiger partial charge in [0.2, 0.25) is 5.91 Å². The largest absolute Gasteiger partial charge is 0.481 e. The summed E-state index contributed by atoms with van der Waals surface area (Å²) in [7, 11) is 0. The Hall–Kier alpha value is -2.71. The summed E-state index contributed by atoms with van der Waals surface area (Å²) in [5.74, 6) is 3.02. The highest BCUT2D eigenvalue weighted by molar-refractivity contribution is 8.15. The van der Waals surface area contributed by atoms with Gasteiger partial charge in [0.05, 0.1) is 5.25 Å². The fraction of sp³-hybridized carbons (Fsp3) is 0.273. The number of carbonyl (C=O) groups is 2. The van der Waals surface area contributed by atoms with E-state index >= 15 is 0 Å². The Labute approximate surface area is 163 Å². The van der Waals surface area contributed by atoms with E-state index in [4.69, 9.17) is 11.2 Å². The fourth-order valence-electron chi connectivity index (χ4n) is 2.98. The van der Waals surface area contributed by atoms with Gasteiger partial charge in [0.15, 0.2) is 0 Å². The maximum Gasteiger partial charge on any atom is 0.289 e. The summed E-state index contributed by atoms with van der Waals surface area (Å²) in [6, 6.07) is 17.6. The summed E-state index contributed by atoms with van der Waals surface area (Å²) >= 11 is 1.12. The number of amides is 2. The van der Waals surface area contributed by atoms with Crippen molar-refractivity contribution < 1.29 is 14.3 Å². The Morgan fingerprint density at radius 2 is 1.78 bits per heavy atom. The number of terminal acetylenes is 1. The van der Waals surface area contributed by atoms with Gasteiger partial charge in [-0.1, -0.05) is 60.1 Å². The molecule has 0 saturated carbocycles. The second kappa shape index (κ2) is 9.29. The molecular formula is C22H21NO3S. The van der Waals surface area contributed by atoms with Gasteiger partial charge in [0.25, 0.3) is 5.24 Å². The monoisotopic (exact) mass is 379 g/mol. The van der Waals surface area contributed by atoms with Crippen LogP contribution < -0.4 is 4.74 Å². The molecule has 0 spiro atoms. The lowest BCUT2D eigenvalue weighted by Crippen LogP contribution is -2.33. The third-order valence-corrected chi connectivity index (χ3v) is 5.44. The lowest BCUT2D eigenvalue weighted by Gasteiger charge is -2.14. The van der Waals surface area contributed by atoms with Crippen LogP contribution in [-0.4, -0.2) is 34.4 Å². The quantitative estimate of drug-likeness (QED) is 0.652. The van der Waals surface area contributed by atoms with Crippen LogP contribution in [0.25, 0.3) is 0 Å². The Morgan fingerprint density at radius 3 is 2.48 bits per heavy atom. The van der Waals surface area contributed by atoms with E-state index in [1.807, 2.05) is 42.5 Å². The molecule has 1 heterocycles. The van der Waals surface area contributed by atoms with Crippen LogP contribution >= 0.6 is 11.8 Å². The number of benzene rings is 2. The Bertz CT molecular complexity index is 827. The number of rotatable bonds is 8. The molecule has 5 heteroatoms. The summed E-state index contributed by atoms with van der Waals surface area (Å²) in [6.07, 6.45) is 7.33. The van der Waals surface area contributed by atoms with Crippen LogP contribution in [0.15, 0.2) is 54.6 Å². The molecule has 0 aliphatic carbocycles. The number of nitrogens with zero attached hydrogens (tertiary/aromatic N) is 1. The summed E-state index contributed by atoms with van der Waals surface area (Å²) in [5, 5.41) is -0.501. The smallest absolute Gasteiger partial charge is 0.289 e. The topological polar surface area (TPSA) is 46.6 Å². The normalized spacial score (nSPS) is 16.4. The van der Waals surface area contributed by atoms with Gasteiger partial charge in [-0.05, 0) is 42.5 Å². The first-order valence-electron chi connectivity index (χ1n) is 8.88. The first-order valence-corrected chi connectivity index (χ1v) is 9.76. The molecule has 1 aliphatic rings. The summed E-state index contributed by atoms with van der Waals surface area (Å²) in [6.45, 7) is 0.692. The summed E-state index contributed by atoms with van der Waals surface area (Å²) < 4.78 is 5.35. The molecule has 3 rings (SSSR count). The van der Waals surface area contributed by atoms with Gasteiger partial charge in [0.1, 0.15) is 12.4 Å². The molecule has 27 heavy (non-hydrogen) atoms. The number of carbonyl (C=O) groups excluding carboxylic acids is 2. The first kappa shape index (κ1) is 19.1. The molecule has 1 aliphatic heterocycles. The molecule has 1 atom stereocenters. The van der Waals surface area contributed by atoms with Gasteiger partial charge >= 0.3 is 0 Å². The van der Waals surface area contributed by atoms with Crippen LogP contribution in [0.2, 0.25) is 0 Å². The second-order valence-electron chi connectivity index (χ2n) is 6.29. The van der Waals surface area contributed by atoms with Crippen molar-refractivity contribution in [3.05, 3.63) is 65.7 Å². The lowest BCUT2D eigenvalue weighted by atomic mass is 10.1. The molecule has 0 unspecified atom stereocenters. The second-order valence-corrected chi connectivity index (χ2v) is 7.45. The van der Waals surface area contributed by atoms with E-state index < -0.39 is 0 Å². The SMILES string of the molecule is C#CCOc1ccc(C[C@H]2SC(=O)N(CCCc3ccccc3)C2=O)cc1. The van der Waals surface area contributed by atoms with E-state index in [0.717, 1.165) is 30.2 Å². The Morgan fingerprint density at radius 1 is 1.04 bits per heavy atom. The molecule has 2 aromatic carbocycles. The predicted octanol–water partition coefficient (Wildman–Crippen LogP) is 3.94. The average Bonchev–Trinajstić information content (AvgIpc) is 2.95. The van der Waals surface area contributed by atoms with Crippen LogP contribution in [-0.2, 0) is 17.6 Å². The summed E-state index contributed by atoms with van der Waals surface area (Å²) in [5.41, 5.74) is 2.21. The van der Waals surface area contributed by atoms with Crippen molar-refractivity contribution in [1.29, 1.82) is 0 Å². The van der Waals surface area contributed by atoms with E-state index in [-0.39, 0.29) is 23.0 Å². The van der Waals surface area contributed by atoms with E-state index in [1.165, 1.54) is 10.5 Å². The zero-order valence-electron chi connectivity index (χ0n) is 15.0. The lowest BCUT2D eigenvalue weighted by molar-refractivity contribution is -0.126. The third kappa shape index (κ3) is 5.15. The number of hydrogen-bond acceptors (Lipinski definition) is 4. The molecule has 0 bridgehead atoms. The molecule has 2 aromatic rings. The van der Waals surface area contributed by atoms with E-state index in [1.54, 1.807) is 0 Å². The van der Waals surface area contributed by atoms with E-state index in [9.17, 15) is 9.59 Å². The van der Waals surface area contributed by atoms with Gasteiger partial charge in [-0.15, -0.1) is 6.42 Å². The maximum absolute atomic E-state index is 12.6. The van der Waals surface area contributed by atoms with Crippen molar-refractivity contribution in [3.8, 4) is 18.1 Å². The summed E-state index contributed by atoms with van der Waals surface area (Å²) in [4.78, 5) is 26.2. The van der Waals surface area contributed by atoms with Crippen molar-refractivity contribution in [2.24, 2.45) is 0 Å². The standard InChI is InChI=1S/C22H21NO3S/c1-2-15-26-19-12-10-18(11-13-19)16-20-21(24)23(22(25)27-20)14-6-9-17-7-4-3-5-8-17/h1,3-5,7-8,10-13,20H,6,9,14-16H2/t20-/m1/s1. The van der Waals surface area contributed by atoms with Crippen LogP contribution in [0.5, 0.6) is 5.75 Å².